The predicted molar refractivity (Wildman–Crippen MR) is 114 cm³/mol. The fraction of sp³-hybridized carbons (Fsp3) is 0.458. The lowest BCUT2D eigenvalue weighted by Crippen LogP contribution is -2.27. The molecule has 1 aliphatic heterocycles. The van der Waals surface area contributed by atoms with Crippen LogP contribution in [0.4, 0.5) is 5.69 Å². The summed E-state index contributed by atoms with van der Waals surface area (Å²) in [6.07, 6.45) is 3.33. The number of rotatable bonds is 7. The Bertz CT molecular complexity index is 985. The molecule has 1 aromatic carbocycles. The van der Waals surface area contributed by atoms with Gasteiger partial charge < -0.3 is 14.2 Å². The molecule has 1 saturated heterocycles. The molecule has 0 N–H and O–H groups in total. The lowest BCUT2D eigenvalue weighted by molar-refractivity contribution is -0.147. The fourth-order valence-corrected chi connectivity index (χ4v) is 4.31. The largest absolute Gasteiger partial charge is 0.457 e. The Morgan fingerprint density at radius 3 is 2.47 bits per heavy atom. The highest BCUT2D eigenvalue weighted by Gasteiger charge is 2.36. The number of carbonyl (C=O) groups is 3. The van der Waals surface area contributed by atoms with Crippen LogP contribution < -0.4 is 4.90 Å². The molecule has 6 nitrogen and oxygen atoms in total. The Morgan fingerprint density at radius 2 is 1.83 bits per heavy atom. The molecule has 2 aromatic rings. The van der Waals surface area contributed by atoms with Crippen molar-refractivity contribution >= 4 is 23.3 Å². The molecule has 2 heterocycles. The lowest BCUT2D eigenvalue weighted by Gasteiger charge is -2.17. The molecule has 2 aliphatic rings. The number of hydrogen-bond acceptors (Lipinski definition) is 4. The van der Waals surface area contributed by atoms with Gasteiger partial charge in [0.15, 0.2) is 6.61 Å². The molecule has 0 spiro atoms. The first-order valence-corrected chi connectivity index (χ1v) is 10.7. The third kappa shape index (κ3) is 3.91. The molecule has 1 saturated carbocycles. The molecule has 6 heteroatoms. The maximum atomic E-state index is 12.6. The second kappa shape index (κ2) is 8.09. The molecule has 30 heavy (non-hydrogen) atoms. The van der Waals surface area contributed by atoms with Crippen LogP contribution in [0.2, 0.25) is 0 Å². The Kier molecular flexibility index (Phi) is 5.50. The number of amides is 1. The second-order valence-corrected chi connectivity index (χ2v) is 8.34. The zero-order valence-corrected chi connectivity index (χ0v) is 17.8. The van der Waals surface area contributed by atoms with Crippen LogP contribution in [-0.2, 0) is 20.7 Å². The predicted octanol–water partition coefficient (Wildman–Crippen LogP) is 3.78. The summed E-state index contributed by atoms with van der Waals surface area (Å²) < 4.78 is 7.52. The van der Waals surface area contributed by atoms with Crippen molar-refractivity contribution in [2.75, 3.05) is 18.1 Å². The summed E-state index contributed by atoms with van der Waals surface area (Å²) in [5.41, 5.74) is 4.61. The standard InChI is InChI=1S/C24H28N2O4/c1-4-17-5-7-19(8-6-17)25-13-18(12-23(25)28)24(29)30-14-22(27)21-11-15(2)26(16(21)3)20-9-10-20/h5-8,11,18,20H,4,9-10,12-14H2,1-3H3. The van der Waals surface area contributed by atoms with Crippen LogP contribution in [0.5, 0.6) is 0 Å². The van der Waals surface area contributed by atoms with Crippen LogP contribution in [-0.4, -0.2) is 35.4 Å². The molecule has 1 amide bonds. The third-order valence-corrected chi connectivity index (χ3v) is 6.16. The summed E-state index contributed by atoms with van der Waals surface area (Å²) >= 11 is 0. The van der Waals surface area contributed by atoms with E-state index in [0.717, 1.165) is 36.3 Å². The summed E-state index contributed by atoms with van der Waals surface area (Å²) in [7, 11) is 0. The average molecular weight is 408 g/mol. The highest BCUT2D eigenvalue weighted by molar-refractivity contribution is 6.01. The van der Waals surface area contributed by atoms with Crippen LogP contribution >= 0.6 is 0 Å². The molecule has 1 atom stereocenters. The molecule has 2 fully saturated rings. The van der Waals surface area contributed by atoms with Crippen molar-refractivity contribution in [3.63, 3.8) is 0 Å². The highest BCUT2D eigenvalue weighted by Crippen LogP contribution is 2.38. The van der Waals surface area contributed by atoms with E-state index in [9.17, 15) is 14.4 Å². The van der Waals surface area contributed by atoms with Gasteiger partial charge in [-0.1, -0.05) is 19.1 Å². The molecule has 158 valence electrons. The number of esters is 1. The van der Waals surface area contributed by atoms with Crippen molar-refractivity contribution in [3.8, 4) is 0 Å². The van der Waals surface area contributed by atoms with E-state index in [1.807, 2.05) is 44.2 Å². The van der Waals surface area contributed by atoms with Crippen molar-refractivity contribution in [1.29, 1.82) is 0 Å². The van der Waals surface area contributed by atoms with Gasteiger partial charge in [-0.3, -0.25) is 14.4 Å². The van der Waals surface area contributed by atoms with E-state index < -0.39 is 11.9 Å². The number of hydrogen-bond donors (Lipinski definition) is 0. The second-order valence-electron chi connectivity index (χ2n) is 8.34. The van der Waals surface area contributed by atoms with E-state index in [1.165, 1.54) is 5.56 Å². The van der Waals surface area contributed by atoms with Crippen LogP contribution in [0.15, 0.2) is 30.3 Å². The van der Waals surface area contributed by atoms with Crippen molar-refractivity contribution in [2.24, 2.45) is 5.92 Å². The highest BCUT2D eigenvalue weighted by atomic mass is 16.5. The van der Waals surface area contributed by atoms with Gasteiger partial charge in [-0.25, -0.2) is 0 Å². The topological polar surface area (TPSA) is 68.6 Å². The molecular formula is C24H28N2O4. The molecule has 1 unspecified atom stereocenters. The molecule has 1 aromatic heterocycles. The zero-order chi connectivity index (χ0) is 21.4. The van der Waals surface area contributed by atoms with Crippen LogP contribution in [0, 0.1) is 19.8 Å². The van der Waals surface area contributed by atoms with E-state index in [0.29, 0.717) is 11.6 Å². The summed E-state index contributed by atoms with van der Waals surface area (Å²) in [4.78, 5) is 39.2. The number of aromatic nitrogens is 1. The Balaban J connectivity index is 1.36. The first-order chi connectivity index (χ1) is 14.4. The number of carbonyl (C=O) groups excluding carboxylic acids is 3. The van der Waals surface area contributed by atoms with Gasteiger partial charge in [0.2, 0.25) is 11.7 Å². The van der Waals surface area contributed by atoms with Gasteiger partial charge >= 0.3 is 5.97 Å². The SMILES string of the molecule is CCc1ccc(N2CC(C(=O)OCC(=O)c3cc(C)n(C4CC4)c3C)CC2=O)cc1. The Morgan fingerprint density at radius 1 is 1.13 bits per heavy atom. The first-order valence-electron chi connectivity index (χ1n) is 10.7. The smallest absolute Gasteiger partial charge is 0.311 e. The van der Waals surface area contributed by atoms with Crippen LogP contribution in [0.25, 0.3) is 0 Å². The van der Waals surface area contributed by atoms with E-state index in [4.69, 9.17) is 4.74 Å². The number of benzene rings is 1. The lowest BCUT2D eigenvalue weighted by atomic mass is 10.1. The number of Topliss-reactive ketones (excluding diaryl/α,β-unsaturated/α-hetero) is 1. The van der Waals surface area contributed by atoms with Crippen molar-refractivity contribution in [2.45, 2.75) is 52.5 Å². The van der Waals surface area contributed by atoms with Gasteiger partial charge in [0, 0.05) is 41.6 Å². The van der Waals surface area contributed by atoms with Crippen LogP contribution in [0.3, 0.4) is 0 Å². The van der Waals surface area contributed by atoms with Gasteiger partial charge in [-0.05, 0) is 56.9 Å². The minimum Gasteiger partial charge on any atom is -0.457 e. The summed E-state index contributed by atoms with van der Waals surface area (Å²) in [6, 6.07) is 10.2. The average Bonchev–Trinajstić information content (AvgIpc) is 3.43. The summed E-state index contributed by atoms with van der Waals surface area (Å²) in [5.74, 6) is -1.32. The third-order valence-electron chi connectivity index (χ3n) is 6.16. The number of anilines is 1. The Labute approximate surface area is 176 Å². The van der Waals surface area contributed by atoms with Crippen LogP contribution in [0.1, 0.15) is 59.5 Å². The molecule has 4 rings (SSSR count). The van der Waals surface area contributed by atoms with Crippen molar-refractivity contribution in [1.82, 2.24) is 4.57 Å². The summed E-state index contributed by atoms with van der Waals surface area (Å²) in [5, 5.41) is 0. The molecule has 0 bridgehead atoms. The van der Waals surface area contributed by atoms with E-state index in [2.05, 4.69) is 11.5 Å². The van der Waals surface area contributed by atoms with Gasteiger partial charge in [0.1, 0.15) is 0 Å². The minimum atomic E-state index is -0.546. The number of nitrogens with zero attached hydrogens (tertiary/aromatic N) is 2. The normalized spacial score (nSPS) is 18.7. The first kappa shape index (κ1) is 20.4. The maximum Gasteiger partial charge on any atom is 0.311 e. The zero-order valence-electron chi connectivity index (χ0n) is 17.8. The van der Waals surface area contributed by atoms with Crippen molar-refractivity contribution < 1.29 is 19.1 Å². The minimum absolute atomic E-state index is 0.0968. The quantitative estimate of drug-likeness (QED) is 0.516. The number of aryl methyl sites for hydroxylation is 2. The van der Waals surface area contributed by atoms with Gasteiger partial charge in [0.05, 0.1) is 5.92 Å². The van der Waals surface area contributed by atoms with Crippen molar-refractivity contribution in [3.05, 3.63) is 52.8 Å². The van der Waals surface area contributed by atoms with Gasteiger partial charge in [-0.15, -0.1) is 0 Å². The molecule has 1 aliphatic carbocycles. The van der Waals surface area contributed by atoms with E-state index in [-0.39, 0.29) is 31.3 Å². The maximum absolute atomic E-state index is 12.6. The fourth-order valence-electron chi connectivity index (χ4n) is 4.31. The summed E-state index contributed by atoms with van der Waals surface area (Å²) in [6.45, 7) is 6.02. The monoisotopic (exact) mass is 408 g/mol. The Hall–Kier alpha value is -2.89. The van der Waals surface area contributed by atoms with E-state index >= 15 is 0 Å². The van der Waals surface area contributed by atoms with E-state index in [1.54, 1.807) is 4.90 Å². The number of ether oxygens (including phenoxy) is 1. The van der Waals surface area contributed by atoms with Gasteiger partial charge in [0.25, 0.3) is 0 Å². The van der Waals surface area contributed by atoms with Gasteiger partial charge in [-0.2, -0.15) is 0 Å². The molecule has 0 radical (unpaired) electrons. The molecular weight excluding hydrogens is 380 g/mol. The number of ketones is 1.